The summed E-state index contributed by atoms with van der Waals surface area (Å²) in [4.78, 5) is 0. The van der Waals surface area contributed by atoms with Gasteiger partial charge in [-0.05, 0) is 36.7 Å². The Morgan fingerprint density at radius 2 is 1.90 bits per heavy atom. The largest absolute Gasteiger partial charge is 0.271 e. The van der Waals surface area contributed by atoms with Crippen molar-refractivity contribution in [1.29, 1.82) is 0 Å². The molecule has 1 aromatic carbocycles. The second-order valence-corrected chi connectivity index (χ2v) is 6.78. The highest BCUT2D eigenvalue weighted by molar-refractivity contribution is 5.34. The second-order valence-electron chi connectivity index (χ2n) is 6.78. The molecule has 0 radical (unpaired) electrons. The highest BCUT2D eigenvalue weighted by atomic mass is 15.2. The fourth-order valence-corrected chi connectivity index (χ4v) is 4.56. The molecule has 20 heavy (non-hydrogen) atoms. The number of rotatable bonds is 5. The van der Waals surface area contributed by atoms with E-state index in [-0.39, 0.29) is 0 Å². The fraction of sp³-hybridized carbons (Fsp3) is 0.667. The Morgan fingerprint density at radius 3 is 2.50 bits per heavy atom. The maximum absolute atomic E-state index is 6.03. The topological polar surface area (TPSA) is 38.0 Å². The van der Waals surface area contributed by atoms with Crippen molar-refractivity contribution in [1.82, 2.24) is 5.43 Å². The number of nitrogens with one attached hydrogen (secondary N) is 1. The van der Waals surface area contributed by atoms with Gasteiger partial charge in [0.25, 0.3) is 0 Å². The molecule has 2 fully saturated rings. The van der Waals surface area contributed by atoms with Crippen LogP contribution in [-0.4, -0.2) is 6.04 Å². The lowest BCUT2D eigenvalue weighted by molar-refractivity contribution is 0.151. The van der Waals surface area contributed by atoms with E-state index in [1.165, 1.54) is 50.5 Å². The maximum atomic E-state index is 6.03. The molecular weight excluding hydrogens is 244 g/mol. The first-order valence-corrected chi connectivity index (χ1v) is 8.33. The minimum absolute atomic E-state index is 0.311. The summed E-state index contributed by atoms with van der Waals surface area (Å²) in [6.07, 6.45) is 9.41. The van der Waals surface area contributed by atoms with Crippen molar-refractivity contribution in [2.24, 2.45) is 17.7 Å². The molecule has 0 heterocycles. The Hall–Kier alpha value is -0.860. The van der Waals surface area contributed by atoms with Gasteiger partial charge >= 0.3 is 0 Å². The first kappa shape index (κ1) is 14.1. The van der Waals surface area contributed by atoms with Crippen molar-refractivity contribution in [3.8, 4) is 0 Å². The Morgan fingerprint density at radius 1 is 1.20 bits per heavy atom. The third-order valence-corrected chi connectivity index (χ3v) is 5.83. The lowest BCUT2D eigenvalue weighted by Crippen LogP contribution is -2.51. The van der Waals surface area contributed by atoms with Crippen LogP contribution in [0.15, 0.2) is 30.3 Å². The number of benzene rings is 1. The Balaban J connectivity index is 1.86. The van der Waals surface area contributed by atoms with Crippen LogP contribution in [0.3, 0.4) is 0 Å². The number of hydrogen-bond donors (Lipinski definition) is 2. The van der Waals surface area contributed by atoms with Crippen LogP contribution in [-0.2, 0) is 5.41 Å². The third kappa shape index (κ3) is 2.40. The lowest BCUT2D eigenvalue weighted by Gasteiger charge is -2.41. The first-order chi connectivity index (χ1) is 9.81. The van der Waals surface area contributed by atoms with Gasteiger partial charge < -0.3 is 0 Å². The molecule has 0 bridgehead atoms. The van der Waals surface area contributed by atoms with Crippen molar-refractivity contribution >= 4 is 0 Å². The Bertz CT molecular complexity index is 424. The molecule has 2 nitrogen and oxygen atoms in total. The molecule has 0 saturated heterocycles. The predicted octanol–water partition coefficient (Wildman–Crippen LogP) is 3.77. The summed E-state index contributed by atoms with van der Waals surface area (Å²) < 4.78 is 0. The van der Waals surface area contributed by atoms with E-state index in [9.17, 15) is 0 Å². The van der Waals surface area contributed by atoms with E-state index in [1.54, 1.807) is 0 Å². The summed E-state index contributed by atoms with van der Waals surface area (Å²) in [6, 6.07) is 11.5. The molecule has 3 N–H and O–H groups in total. The van der Waals surface area contributed by atoms with E-state index >= 15 is 0 Å². The zero-order chi connectivity index (χ0) is 14.0. The van der Waals surface area contributed by atoms with Crippen LogP contribution < -0.4 is 11.3 Å². The smallest absolute Gasteiger partial charge is 0.0338 e. The Kier molecular flexibility index (Phi) is 4.13. The van der Waals surface area contributed by atoms with Gasteiger partial charge in [0.05, 0.1) is 0 Å². The first-order valence-electron chi connectivity index (χ1n) is 8.33. The highest BCUT2D eigenvalue weighted by Crippen LogP contribution is 2.55. The summed E-state index contributed by atoms with van der Waals surface area (Å²) in [6.45, 7) is 2.35. The average molecular weight is 272 g/mol. The minimum atomic E-state index is 0.311. The highest BCUT2D eigenvalue weighted by Gasteiger charge is 2.53. The predicted molar refractivity (Wildman–Crippen MR) is 84.2 cm³/mol. The van der Waals surface area contributed by atoms with Crippen LogP contribution in [0.4, 0.5) is 0 Å². The van der Waals surface area contributed by atoms with E-state index in [4.69, 9.17) is 5.84 Å². The molecule has 0 aliphatic heterocycles. The van der Waals surface area contributed by atoms with Crippen LogP contribution >= 0.6 is 0 Å². The van der Waals surface area contributed by atoms with E-state index in [0.717, 1.165) is 11.8 Å². The average Bonchev–Trinajstić information content (AvgIpc) is 3.31. The lowest BCUT2D eigenvalue weighted by atomic mass is 9.68. The summed E-state index contributed by atoms with van der Waals surface area (Å²) >= 11 is 0. The SMILES string of the molecule is CCC1CCCCC1C(NN)C1(c2ccccc2)CC1. The number of hydrazine groups is 1. The van der Waals surface area contributed by atoms with Crippen molar-refractivity contribution in [2.45, 2.75) is 63.3 Å². The summed E-state index contributed by atoms with van der Waals surface area (Å²) in [5.74, 6) is 7.64. The van der Waals surface area contributed by atoms with E-state index in [2.05, 4.69) is 42.7 Å². The zero-order valence-corrected chi connectivity index (χ0v) is 12.6. The van der Waals surface area contributed by atoms with Gasteiger partial charge in [-0.25, -0.2) is 0 Å². The van der Waals surface area contributed by atoms with Crippen LogP contribution in [0.5, 0.6) is 0 Å². The molecule has 2 heteroatoms. The normalized spacial score (nSPS) is 29.9. The molecule has 0 aromatic heterocycles. The molecule has 2 aliphatic carbocycles. The molecular formula is C18H28N2. The zero-order valence-electron chi connectivity index (χ0n) is 12.6. The number of nitrogens with two attached hydrogens (primary N) is 1. The van der Waals surface area contributed by atoms with Gasteiger partial charge in [-0.15, -0.1) is 0 Å². The van der Waals surface area contributed by atoms with Crippen LogP contribution in [0, 0.1) is 11.8 Å². The van der Waals surface area contributed by atoms with Gasteiger partial charge in [-0.2, -0.15) is 0 Å². The van der Waals surface area contributed by atoms with Crippen molar-refractivity contribution in [2.75, 3.05) is 0 Å². The minimum Gasteiger partial charge on any atom is -0.271 e. The van der Waals surface area contributed by atoms with Gasteiger partial charge in [0.1, 0.15) is 0 Å². The van der Waals surface area contributed by atoms with Gasteiger partial charge in [-0.1, -0.05) is 62.9 Å². The van der Waals surface area contributed by atoms with Crippen molar-refractivity contribution in [3.05, 3.63) is 35.9 Å². The molecule has 3 unspecified atom stereocenters. The third-order valence-electron chi connectivity index (χ3n) is 5.83. The summed E-state index contributed by atoms with van der Waals surface area (Å²) in [5.41, 5.74) is 5.04. The van der Waals surface area contributed by atoms with E-state index in [0.29, 0.717) is 11.5 Å². The molecule has 110 valence electrons. The van der Waals surface area contributed by atoms with E-state index < -0.39 is 0 Å². The Labute approximate surface area is 123 Å². The van der Waals surface area contributed by atoms with Crippen molar-refractivity contribution in [3.63, 3.8) is 0 Å². The van der Waals surface area contributed by atoms with Gasteiger partial charge in [0.15, 0.2) is 0 Å². The monoisotopic (exact) mass is 272 g/mol. The molecule has 3 rings (SSSR count). The molecule has 2 aliphatic rings. The summed E-state index contributed by atoms with van der Waals surface area (Å²) in [7, 11) is 0. The van der Waals surface area contributed by atoms with Crippen molar-refractivity contribution < 1.29 is 0 Å². The van der Waals surface area contributed by atoms with E-state index in [1.807, 2.05) is 0 Å². The van der Waals surface area contributed by atoms with Crippen LogP contribution in [0.2, 0.25) is 0 Å². The van der Waals surface area contributed by atoms with Crippen LogP contribution in [0.1, 0.15) is 57.4 Å². The molecule has 0 amide bonds. The molecule has 1 aromatic rings. The van der Waals surface area contributed by atoms with Gasteiger partial charge in [0, 0.05) is 11.5 Å². The fourth-order valence-electron chi connectivity index (χ4n) is 4.56. The number of hydrogen-bond acceptors (Lipinski definition) is 2. The second kappa shape index (κ2) is 5.87. The summed E-state index contributed by atoms with van der Waals surface area (Å²) in [5, 5.41) is 0. The molecule has 2 saturated carbocycles. The standard InChI is InChI=1S/C18H28N2/c1-2-14-8-6-7-11-16(14)17(20-19)18(12-13-18)15-9-4-3-5-10-15/h3-5,9-10,14,16-17,20H,2,6-8,11-13,19H2,1H3. The molecule has 0 spiro atoms. The maximum Gasteiger partial charge on any atom is 0.0338 e. The quantitative estimate of drug-likeness (QED) is 0.632. The van der Waals surface area contributed by atoms with Crippen LogP contribution in [0.25, 0.3) is 0 Å². The molecule has 3 atom stereocenters. The van der Waals surface area contributed by atoms with Gasteiger partial charge in [-0.3, -0.25) is 11.3 Å². The van der Waals surface area contributed by atoms with Gasteiger partial charge in [0.2, 0.25) is 0 Å².